The second-order valence-corrected chi connectivity index (χ2v) is 6.20. The molecule has 3 aromatic heterocycles. The molecule has 142 valence electrons. The van der Waals surface area contributed by atoms with Crippen molar-refractivity contribution in [2.75, 3.05) is 10.6 Å². The number of amides is 1. The Morgan fingerprint density at radius 2 is 2.07 bits per heavy atom. The summed E-state index contributed by atoms with van der Waals surface area (Å²) in [6.45, 7) is 1.93. The monoisotopic (exact) mass is 380 g/mol. The molecule has 4 rings (SSSR count). The lowest BCUT2D eigenvalue weighted by Gasteiger charge is -2.15. The van der Waals surface area contributed by atoms with Gasteiger partial charge in [-0.05, 0) is 36.8 Å². The van der Waals surface area contributed by atoms with Crippen molar-refractivity contribution in [3.05, 3.63) is 65.7 Å². The van der Waals surface area contributed by atoms with Crippen LogP contribution >= 0.6 is 0 Å². The van der Waals surface area contributed by atoms with Crippen LogP contribution in [-0.2, 0) is 0 Å². The van der Waals surface area contributed by atoms with Gasteiger partial charge in [-0.2, -0.15) is 10.1 Å². The van der Waals surface area contributed by atoms with E-state index in [1.807, 2.05) is 19.1 Å². The van der Waals surface area contributed by atoms with Crippen LogP contribution in [0.1, 0.15) is 29.0 Å². The van der Waals surface area contributed by atoms with Gasteiger partial charge in [-0.1, -0.05) is 12.1 Å². The zero-order chi connectivity index (χ0) is 19.7. The average Bonchev–Trinajstić information content (AvgIpc) is 3.31. The van der Waals surface area contributed by atoms with Crippen molar-refractivity contribution in [2.24, 2.45) is 5.73 Å². The van der Waals surface area contributed by atoms with Crippen molar-refractivity contribution in [2.45, 2.75) is 13.0 Å². The van der Waals surface area contributed by atoms with Crippen LogP contribution in [0.2, 0.25) is 0 Å². The van der Waals surface area contributed by atoms with Crippen LogP contribution in [0.15, 0.2) is 48.7 Å². The van der Waals surface area contributed by atoms with Crippen LogP contribution in [0.5, 0.6) is 0 Å². The highest BCUT2D eigenvalue weighted by atomic mass is 19.1. The lowest BCUT2D eigenvalue weighted by molar-refractivity contribution is 0.0995. The molecule has 0 aliphatic heterocycles. The van der Waals surface area contributed by atoms with Gasteiger partial charge < -0.3 is 16.4 Å². The summed E-state index contributed by atoms with van der Waals surface area (Å²) < 4.78 is 14.8. The topological polar surface area (TPSA) is 126 Å². The van der Waals surface area contributed by atoms with Crippen molar-refractivity contribution in [3.63, 3.8) is 0 Å². The van der Waals surface area contributed by atoms with Gasteiger partial charge in [-0.25, -0.2) is 8.91 Å². The molecule has 0 fully saturated rings. The summed E-state index contributed by atoms with van der Waals surface area (Å²) in [6, 6.07) is 11.3. The summed E-state index contributed by atoms with van der Waals surface area (Å²) in [5.74, 6) is 0.367. The third-order valence-electron chi connectivity index (χ3n) is 4.20. The van der Waals surface area contributed by atoms with E-state index in [9.17, 15) is 9.18 Å². The van der Waals surface area contributed by atoms with E-state index in [-0.39, 0.29) is 17.6 Å². The Bertz CT molecular complexity index is 1130. The molecule has 0 saturated carbocycles. The molecule has 4 aromatic rings. The molecule has 3 heterocycles. The van der Waals surface area contributed by atoms with Crippen LogP contribution in [0.4, 0.5) is 22.0 Å². The molecule has 1 amide bonds. The van der Waals surface area contributed by atoms with Gasteiger partial charge in [0.15, 0.2) is 11.6 Å². The highest BCUT2D eigenvalue weighted by Gasteiger charge is 2.13. The molecule has 0 aliphatic carbocycles. The third kappa shape index (κ3) is 3.47. The van der Waals surface area contributed by atoms with Crippen molar-refractivity contribution < 1.29 is 9.18 Å². The Morgan fingerprint density at radius 1 is 1.29 bits per heavy atom. The molecule has 10 heteroatoms. The minimum atomic E-state index is -0.605. The molecule has 9 nitrogen and oxygen atoms in total. The van der Waals surface area contributed by atoms with E-state index < -0.39 is 5.91 Å². The second-order valence-electron chi connectivity index (χ2n) is 6.20. The molecule has 0 aliphatic rings. The summed E-state index contributed by atoms with van der Waals surface area (Å²) >= 11 is 0. The molecule has 1 aromatic carbocycles. The maximum absolute atomic E-state index is 13.1. The van der Waals surface area contributed by atoms with Crippen LogP contribution in [0, 0.1) is 5.82 Å². The highest BCUT2D eigenvalue weighted by Crippen LogP contribution is 2.23. The van der Waals surface area contributed by atoms with E-state index in [2.05, 4.69) is 30.9 Å². The first-order valence-electron chi connectivity index (χ1n) is 8.49. The zero-order valence-electron chi connectivity index (χ0n) is 14.8. The van der Waals surface area contributed by atoms with Gasteiger partial charge >= 0.3 is 0 Å². The minimum absolute atomic E-state index is 0.145. The number of aromatic amines is 1. The van der Waals surface area contributed by atoms with Crippen molar-refractivity contribution in [1.82, 2.24) is 24.8 Å². The number of hydrogen-bond acceptors (Lipinski definition) is 6. The van der Waals surface area contributed by atoms with Gasteiger partial charge in [0.05, 0.1) is 6.04 Å². The fourth-order valence-corrected chi connectivity index (χ4v) is 2.75. The van der Waals surface area contributed by atoms with Crippen molar-refractivity contribution >= 4 is 29.0 Å². The van der Waals surface area contributed by atoms with Crippen LogP contribution in [0.25, 0.3) is 5.52 Å². The number of fused-ring (bicyclic) bond motifs is 1. The molecule has 1 unspecified atom stereocenters. The minimum Gasteiger partial charge on any atom is -0.364 e. The lowest BCUT2D eigenvalue weighted by Crippen LogP contribution is -2.12. The Labute approximate surface area is 158 Å². The van der Waals surface area contributed by atoms with Crippen molar-refractivity contribution in [1.29, 1.82) is 0 Å². The fourth-order valence-electron chi connectivity index (χ4n) is 2.75. The lowest BCUT2D eigenvalue weighted by atomic mass is 10.1. The van der Waals surface area contributed by atoms with Gasteiger partial charge in [-0.15, -0.1) is 5.10 Å². The second kappa shape index (κ2) is 6.99. The van der Waals surface area contributed by atoms with Gasteiger partial charge in [-0.3, -0.25) is 9.89 Å². The number of benzene rings is 1. The van der Waals surface area contributed by atoms with E-state index in [1.54, 1.807) is 22.8 Å². The number of nitrogens with two attached hydrogens (primary N) is 1. The SMILES string of the molecule is CC(Nc1nc(Nc2cc(C(N)=O)[nH]n2)c2cccn2n1)c1ccc(F)cc1. The number of nitrogens with zero attached hydrogens (tertiary/aromatic N) is 4. The van der Waals surface area contributed by atoms with Gasteiger partial charge in [0.2, 0.25) is 5.95 Å². The number of aromatic nitrogens is 5. The molecule has 0 spiro atoms. The van der Waals surface area contributed by atoms with E-state index in [1.165, 1.54) is 18.2 Å². The molecule has 28 heavy (non-hydrogen) atoms. The molecule has 0 saturated heterocycles. The summed E-state index contributed by atoms with van der Waals surface area (Å²) in [6.07, 6.45) is 1.79. The van der Waals surface area contributed by atoms with E-state index in [0.717, 1.165) is 11.1 Å². The Morgan fingerprint density at radius 3 is 2.79 bits per heavy atom. The van der Waals surface area contributed by atoms with Crippen LogP contribution < -0.4 is 16.4 Å². The first kappa shape index (κ1) is 17.5. The van der Waals surface area contributed by atoms with Gasteiger partial charge in [0, 0.05) is 12.3 Å². The summed E-state index contributed by atoms with van der Waals surface area (Å²) in [5.41, 5.74) is 7.04. The third-order valence-corrected chi connectivity index (χ3v) is 4.20. The number of rotatable bonds is 6. The number of carbonyl (C=O) groups is 1. The highest BCUT2D eigenvalue weighted by molar-refractivity contribution is 5.91. The number of H-pyrrole nitrogens is 1. The number of halogens is 1. The van der Waals surface area contributed by atoms with Gasteiger partial charge in [0.1, 0.15) is 17.0 Å². The number of carbonyl (C=O) groups excluding carboxylic acids is 1. The zero-order valence-corrected chi connectivity index (χ0v) is 14.8. The summed E-state index contributed by atoms with van der Waals surface area (Å²) in [5, 5.41) is 17.3. The average molecular weight is 380 g/mol. The first-order chi connectivity index (χ1) is 13.5. The Balaban J connectivity index is 1.62. The molecule has 5 N–H and O–H groups in total. The standard InChI is InChI=1S/C18H17FN8O/c1-10(11-4-6-12(19)7-5-11)21-18-23-17(14-3-2-8-27(14)26-18)22-15-9-13(16(20)28)24-25-15/h2-10H,1H3,(H2,20,28)(H3,21,22,23,24,25,26). The van der Waals surface area contributed by atoms with E-state index in [0.29, 0.717) is 17.6 Å². The van der Waals surface area contributed by atoms with Crippen LogP contribution in [0.3, 0.4) is 0 Å². The summed E-state index contributed by atoms with van der Waals surface area (Å²) in [4.78, 5) is 15.7. The van der Waals surface area contributed by atoms with Gasteiger partial charge in [0.25, 0.3) is 5.91 Å². The predicted octanol–water partition coefficient (Wildman–Crippen LogP) is 2.61. The molecular weight excluding hydrogens is 363 g/mol. The molecule has 0 bridgehead atoms. The quantitative estimate of drug-likeness (QED) is 0.407. The number of anilines is 3. The van der Waals surface area contributed by atoms with Crippen LogP contribution in [-0.4, -0.2) is 30.7 Å². The predicted molar refractivity (Wildman–Crippen MR) is 102 cm³/mol. The Hall–Kier alpha value is -3.95. The first-order valence-corrected chi connectivity index (χ1v) is 8.49. The number of nitrogens with one attached hydrogen (secondary N) is 3. The molecular formula is C18H17FN8O. The maximum Gasteiger partial charge on any atom is 0.266 e. The number of hydrogen-bond donors (Lipinski definition) is 4. The normalized spacial score (nSPS) is 12.1. The Kier molecular flexibility index (Phi) is 4.36. The molecule has 0 radical (unpaired) electrons. The maximum atomic E-state index is 13.1. The fraction of sp³-hybridized carbons (Fsp3) is 0.111. The largest absolute Gasteiger partial charge is 0.364 e. The summed E-state index contributed by atoms with van der Waals surface area (Å²) in [7, 11) is 0. The van der Waals surface area contributed by atoms with Crippen molar-refractivity contribution in [3.8, 4) is 0 Å². The smallest absolute Gasteiger partial charge is 0.266 e. The van der Waals surface area contributed by atoms with E-state index in [4.69, 9.17) is 5.73 Å². The molecule has 1 atom stereocenters. The van der Waals surface area contributed by atoms with E-state index >= 15 is 0 Å². The number of primary amides is 1.